The Kier molecular flexibility index (Phi) is 7.08. The van der Waals surface area contributed by atoms with E-state index >= 15 is 0 Å². The summed E-state index contributed by atoms with van der Waals surface area (Å²) in [6.45, 7) is 8.14. The van der Waals surface area contributed by atoms with Crippen LogP contribution in [0.15, 0.2) is 0 Å². The SMILES string of the molecule is CC(=O)N(CCNC(=O)C1CCCO1)CCN1CCOCC1. The van der Waals surface area contributed by atoms with Crippen molar-refractivity contribution in [3.63, 3.8) is 0 Å². The van der Waals surface area contributed by atoms with Crippen LogP contribution in [0.3, 0.4) is 0 Å². The summed E-state index contributed by atoms with van der Waals surface area (Å²) in [6.07, 6.45) is 1.43. The van der Waals surface area contributed by atoms with Gasteiger partial charge in [-0.05, 0) is 12.8 Å². The molecule has 0 bridgehead atoms. The van der Waals surface area contributed by atoms with Gasteiger partial charge < -0.3 is 19.7 Å². The van der Waals surface area contributed by atoms with E-state index in [1.807, 2.05) is 0 Å². The lowest BCUT2D eigenvalue weighted by Gasteiger charge is -2.29. The molecule has 1 atom stereocenters. The summed E-state index contributed by atoms with van der Waals surface area (Å²) in [5.74, 6) is -0.0196. The van der Waals surface area contributed by atoms with E-state index in [-0.39, 0.29) is 17.9 Å². The number of hydrogen-bond donors (Lipinski definition) is 1. The minimum Gasteiger partial charge on any atom is -0.379 e. The fourth-order valence-corrected chi connectivity index (χ4v) is 2.73. The van der Waals surface area contributed by atoms with E-state index in [1.54, 1.807) is 11.8 Å². The van der Waals surface area contributed by atoms with E-state index in [9.17, 15) is 9.59 Å². The average Bonchev–Trinajstić information content (AvgIpc) is 3.05. The molecule has 2 aliphatic rings. The van der Waals surface area contributed by atoms with Crippen LogP contribution in [0.5, 0.6) is 0 Å². The molecule has 126 valence electrons. The summed E-state index contributed by atoms with van der Waals surface area (Å²) in [6, 6.07) is 0. The molecule has 0 aliphatic carbocycles. The highest BCUT2D eigenvalue weighted by Gasteiger charge is 2.23. The van der Waals surface area contributed by atoms with Crippen LogP contribution in [0.1, 0.15) is 19.8 Å². The van der Waals surface area contributed by atoms with Gasteiger partial charge in [-0.2, -0.15) is 0 Å². The maximum atomic E-state index is 11.8. The number of hydrogen-bond acceptors (Lipinski definition) is 5. The van der Waals surface area contributed by atoms with Crippen molar-refractivity contribution in [1.29, 1.82) is 0 Å². The lowest BCUT2D eigenvalue weighted by atomic mass is 10.2. The number of morpholine rings is 1. The zero-order valence-corrected chi connectivity index (χ0v) is 13.4. The summed E-state index contributed by atoms with van der Waals surface area (Å²) in [4.78, 5) is 27.6. The lowest BCUT2D eigenvalue weighted by Crippen LogP contribution is -2.45. The Morgan fingerprint density at radius 3 is 2.64 bits per heavy atom. The predicted molar refractivity (Wildman–Crippen MR) is 81.5 cm³/mol. The molecular formula is C15H27N3O4. The third kappa shape index (κ3) is 5.55. The quantitative estimate of drug-likeness (QED) is 0.684. The molecule has 22 heavy (non-hydrogen) atoms. The second-order valence-electron chi connectivity index (χ2n) is 5.75. The maximum Gasteiger partial charge on any atom is 0.249 e. The molecule has 2 amide bonds. The third-order valence-electron chi connectivity index (χ3n) is 4.14. The first-order valence-corrected chi connectivity index (χ1v) is 8.12. The Balaban J connectivity index is 1.64. The second kappa shape index (κ2) is 9.07. The van der Waals surface area contributed by atoms with Gasteiger partial charge in [-0.1, -0.05) is 0 Å². The van der Waals surface area contributed by atoms with Gasteiger partial charge in [0.15, 0.2) is 0 Å². The van der Waals surface area contributed by atoms with Gasteiger partial charge in [0.2, 0.25) is 11.8 Å². The summed E-state index contributed by atoms with van der Waals surface area (Å²) in [5, 5.41) is 2.86. The lowest BCUT2D eigenvalue weighted by molar-refractivity contribution is -0.132. The van der Waals surface area contributed by atoms with Crippen LogP contribution in [-0.4, -0.2) is 86.8 Å². The number of carbonyl (C=O) groups excluding carboxylic acids is 2. The molecule has 1 unspecified atom stereocenters. The van der Waals surface area contributed by atoms with Crippen LogP contribution in [0.4, 0.5) is 0 Å². The number of nitrogens with one attached hydrogen (secondary N) is 1. The number of carbonyl (C=O) groups is 2. The molecular weight excluding hydrogens is 286 g/mol. The standard InChI is InChI=1S/C15H27N3O4/c1-13(19)18(7-6-17-8-11-21-12-9-17)5-4-16-15(20)14-3-2-10-22-14/h14H,2-12H2,1H3,(H,16,20). The Hall–Kier alpha value is -1.18. The second-order valence-corrected chi connectivity index (χ2v) is 5.75. The Morgan fingerprint density at radius 2 is 2.00 bits per heavy atom. The van der Waals surface area contributed by atoms with Gasteiger partial charge in [-0.25, -0.2) is 0 Å². The van der Waals surface area contributed by atoms with Crippen molar-refractivity contribution in [2.75, 3.05) is 59.1 Å². The Morgan fingerprint density at radius 1 is 1.23 bits per heavy atom. The van der Waals surface area contributed by atoms with Gasteiger partial charge >= 0.3 is 0 Å². The Bertz CT molecular complexity index is 366. The molecule has 0 spiro atoms. The van der Waals surface area contributed by atoms with Gasteiger partial charge in [-0.15, -0.1) is 0 Å². The largest absolute Gasteiger partial charge is 0.379 e. The van der Waals surface area contributed by atoms with Crippen molar-refractivity contribution in [3.05, 3.63) is 0 Å². The van der Waals surface area contributed by atoms with Crippen molar-refractivity contribution in [1.82, 2.24) is 15.1 Å². The number of ether oxygens (including phenoxy) is 2. The molecule has 0 aromatic rings. The molecule has 2 fully saturated rings. The molecule has 0 aromatic carbocycles. The van der Waals surface area contributed by atoms with Gasteiger partial charge in [0, 0.05) is 52.8 Å². The summed E-state index contributed by atoms with van der Waals surface area (Å²) in [7, 11) is 0. The van der Waals surface area contributed by atoms with E-state index in [1.165, 1.54) is 0 Å². The van der Waals surface area contributed by atoms with Crippen LogP contribution in [0.2, 0.25) is 0 Å². The smallest absolute Gasteiger partial charge is 0.249 e. The van der Waals surface area contributed by atoms with Crippen LogP contribution in [-0.2, 0) is 19.1 Å². The molecule has 0 aromatic heterocycles. The third-order valence-corrected chi connectivity index (χ3v) is 4.14. The molecule has 0 radical (unpaired) electrons. The van der Waals surface area contributed by atoms with E-state index in [2.05, 4.69) is 10.2 Å². The fraction of sp³-hybridized carbons (Fsp3) is 0.867. The maximum absolute atomic E-state index is 11.8. The summed E-state index contributed by atoms with van der Waals surface area (Å²) >= 11 is 0. The monoisotopic (exact) mass is 313 g/mol. The van der Waals surface area contributed by atoms with E-state index in [4.69, 9.17) is 9.47 Å². The number of amides is 2. The zero-order valence-electron chi connectivity index (χ0n) is 13.4. The van der Waals surface area contributed by atoms with Gasteiger partial charge in [-0.3, -0.25) is 14.5 Å². The topological polar surface area (TPSA) is 71.1 Å². The van der Waals surface area contributed by atoms with E-state index in [0.29, 0.717) is 26.2 Å². The molecule has 2 saturated heterocycles. The fourth-order valence-electron chi connectivity index (χ4n) is 2.73. The Labute approximate surface area is 131 Å². The predicted octanol–water partition coefficient (Wildman–Crippen LogP) is -0.538. The normalized spacial score (nSPS) is 22.5. The highest BCUT2D eigenvalue weighted by molar-refractivity contribution is 5.81. The van der Waals surface area contributed by atoms with E-state index in [0.717, 1.165) is 45.7 Å². The van der Waals surface area contributed by atoms with Crippen LogP contribution in [0, 0.1) is 0 Å². The van der Waals surface area contributed by atoms with Gasteiger partial charge in [0.25, 0.3) is 0 Å². The van der Waals surface area contributed by atoms with Crippen molar-refractivity contribution in [2.24, 2.45) is 0 Å². The molecule has 0 saturated carbocycles. The number of rotatable bonds is 7. The first-order valence-electron chi connectivity index (χ1n) is 8.12. The molecule has 2 aliphatic heterocycles. The molecule has 2 rings (SSSR count). The summed E-state index contributed by atoms with van der Waals surface area (Å²) < 4.78 is 10.6. The van der Waals surface area contributed by atoms with Crippen LogP contribution >= 0.6 is 0 Å². The first kappa shape index (κ1) is 17.2. The minimum atomic E-state index is -0.306. The van der Waals surface area contributed by atoms with Crippen molar-refractivity contribution >= 4 is 11.8 Å². The highest BCUT2D eigenvalue weighted by Crippen LogP contribution is 2.11. The van der Waals surface area contributed by atoms with Crippen LogP contribution < -0.4 is 5.32 Å². The molecule has 7 heteroatoms. The van der Waals surface area contributed by atoms with Gasteiger partial charge in [0.1, 0.15) is 6.10 Å². The van der Waals surface area contributed by atoms with Crippen molar-refractivity contribution < 1.29 is 19.1 Å². The van der Waals surface area contributed by atoms with Crippen LogP contribution in [0.25, 0.3) is 0 Å². The first-order chi connectivity index (χ1) is 10.7. The number of nitrogens with zero attached hydrogens (tertiary/aromatic N) is 2. The summed E-state index contributed by atoms with van der Waals surface area (Å²) in [5.41, 5.74) is 0. The average molecular weight is 313 g/mol. The molecule has 1 N–H and O–H groups in total. The van der Waals surface area contributed by atoms with Crippen molar-refractivity contribution in [2.45, 2.75) is 25.9 Å². The molecule has 2 heterocycles. The van der Waals surface area contributed by atoms with Gasteiger partial charge in [0.05, 0.1) is 13.2 Å². The highest BCUT2D eigenvalue weighted by atomic mass is 16.5. The van der Waals surface area contributed by atoms with E-state index < -0.39 is 0 Å². The zero-order chi connectivity index (χ0) is 15.8. The molecule has 7 nitrogen and oxygen atoms in total. The minimum absolute atomic E-state index is 0.0413. The van der Waals surface area contributed by atoms with Crippen molar-refractivity contribution in [3.8, 4) is 0 Å².